The van der Waals surface area contributed by atoms with E-state index in [1.165, 1.54) is 12.5 Å². The van der Waals surface area contributed by atoms with Crippen molar-refractivity contribution in [2.45, 2.75) is 45.1 Å². The Morgan fingerprint density at radius 3 is 2.54 bits per heavy atom. The number of carboxylic acid groups (broad SMARTS) is 1. The van der Waals surface area contributed by atoms with Gasteiger partial charge >= 0.3 is 5.97 Å². The summed E-state index contributed by atoms with van der Waals surface area (Å²) in [7, 11) is 0. The fourth-order valence-corrected chi connectivity index (χ4v) is 3.54. The van der Waals surface area contributed by atoms with E-state index in [0.717, 1.165) is 25.7 Å². The Balaban J connectivity index is 0.000000292. The molecule has 1 aromatic carbocycles. The van der Waals surface area contributed by atoms with Gasteiger partial charge in [0.05, 0.1) is 18.1 Å². The van der Waals surface area contributed by atoms with E-state index < -0.39 is 11.8 Å². The van der Waals surface area contributed by atoms with Crippen LogP contribution < -0.4 is 16.4 Å². The molecule has 0 atom stereocenters. The Labute approximate surface area is 175 Å². The number of carbonyl (C=O) groups is 1. The van der Waals surface area contributed by atoms with Crippen LogP contribution in [0.5, 0.6) is 0 Å². The van der Waals surface area contributed by atoms with E-state index in [4.69, 9.17) is 39.8 Å². The summed E-state index contributed by atoms with van der Waals surface area (Å²) in [6.45, 7) is 1.14. The van der Waals surface area contributed by atoms with Crippen LogP contribution in [0.25, 0.3) is 0 Å². The third kappa shape index (κ3) is 8.68. The van der Waals surface area contributed by atoms with Crippen LogP contribution in [-0.2, 0) is 11.3 Å². The highest BCUT2D eigenvalue weighted by molar-refractivity contribution is 7.80. The monoisotopic (exact) mass is 433 g/mol. The summed E-state index contributed by atoms with van der Waals surface area (Å²) in [5.41, 5.74) is 5.99. The molecule has 158 valence electrons. The van der Waals surface area contributed by atoms with Crippen LogP contribution >= 0.6 is 23.8 Å². The Hall–Kier alpha value is -1.48. The maximum atomic E-state index is 13.4. The standard InChI is InChI=1S/C10H12ClFN2OS.C9H17NO2/c11-8-3-1-2-7(9(8)12)6-14-10(16)13-4-5-15;10-7-9(6-8(11)12)4-2-1-3-5-9/h1-3,15H,4-6H2,(H2,13,14,16);1-7,10H2,(H,11,12). The summed E-state index contributed by atoms with van der Waals surface area (Å²) < 4.78 is 13.4. The second kappa shape index (κ2) is 12.9. The molecular weight excluding hydrogens is 405 g/mol. The molecule has 1 fully saturated rings. The van der Waals surface area contributed by atoms with Crippen molar-refractivity contribution in [2.75, 3.05) is 19.7 Å². The minimum Gasteiger partial charge on any atom is -0.481 e. The minimum atomic E-state index is -0.706. The number of hydrogen-bond acceptors (Lipinski definition) is 4. The van der Waals surface area contributed by atoms with Gasteiger partial charge in [0.15, 0.2) is 5.11 Å². The molecule has 0 radical (unpaired) electrons. The van der Waals surface area contributed by atoms with Crippen molar-refractivity contribution in [2.24, 2.45) is 11.1 Å². The van der Waals surface area contributed by atoms with Gasteiger partial charge in [-0.2, -0.15) is 0 Å². The summed E-state index contributed by atoms with van der Waals surface area (Å²) >= 11 is 10.5. The molecule has 6 nitrogen and oxygen atoms in total. The molecular formula is C19H29ClFN3O3S. The lowest BCUT2D eigenvalue weighted by Gasteiger charge is -2.34. The van der Waals surface area contributed by atoms with Gasteiger partial charge < -0.3 is 26.6 Å². The molecule has 0 spiro atoms. The normalized spacial score (nSPS) is 15.1. The van der Waals surface area contributed by atoms with Gasteiger partial charge in [0.1, 0.15) is 5.82 Å². The van der Waals surface area contributed by atoms with Crippen LogP contribution in [0.2, 0.25) is 5.02 Å². The third-order valence-electron chi connectivity index (χ3n) is 4.74. The lowest BCUT2D eigenvalue weighted by molar-refractivity contribution is -0.140. The molecule has 0 unspecified atom stereocenters. The lowest BCUT2D eigenvalue weighted by atomic mass is 9.72. The Morgan fingerprint density at radius 2 is 1.96 bits per heavy atom. The van der Waals surface area contributed by atoms with E-state index in [1.54, 1.807) is 12.1 Å². The Bertz CT molecular complexity index is 643. The number of carboxylic acids is 1. The quantitative estimate of drug-likeness (QED) is 0.421. The molecule has 0 saturated heterocycles. The SMILES string of the molecule is NCC1(CC(=O)O)CCCCC1.OCCNC(=S)NCc1cccc(Cl)c1F. The van der Waals surface area contributed by atoms with E-state index in [1.807, 2.05) is 0 Å². The highest BCUT2D eigenvalue weighted by atomic mass is 35.5. The zero-order valence-electron chi connectivity index (χ0n) is 15.8. The van der Waals surface area contributed by atoms with Crippen LogP contribution in [-0.4, -0.2) is 41.0 Å². The second-order valence-corrected chi connectivity index (χ2v) is 7.70. The predicted molar refractivity (Wildman–Crippen MR) is 113 cm³/mol. The van der Waals surface area contributed by atoms with Gasteiger partial charge in [-0.3, -0.25) is 4.79 Å². The molecule has 0 bridgehead atoms. The van der Waals surface area contributed by atoms with Gasteiger partial charge in [0, 0.05) is 18.7 Å². The van der Waals surface area contributed by atoms with Crippen molar-refractivity contribution in [3.8, 4) is 0 Å². The van der Waals surface area contributed by atoms with Crippen molar-refractivity contribution < 1.29 is 19.4 Å². The van der Waals surface area contributed by atoms with Crippen molar-refractivity contribution >= 4 is 34.9 Å². The van der Waals surface area contributed by atoms with Gasteiger partial charge in [-0.15, -0.1) is 0 Å². The molecule has 0 aromatic heterocycles. The molecule has 28 heavy (non-hydrogen) atoms. The topological polar surface area (TPSA) is 108 Å². The molecule has 9 heteroatoms. The van der Waals surface area contributed by atoms with Crippen molar-refractivity contribution in [3.05, 3.63) is 34.6 Å². The number of aliphatic hydroxyl groups excluding tert-OH is 1. The fraction of sp³-hybridized carbons (Fsp3) is 0.579. The summed E-state index contributed by atoms with van der Waals surface area (Å²) in [6, 6.07) is 4.79. The van der Waals surface area contributed by atoms with Gasteiger partial charge in [-0.05, 0) is 43.1 Å². The number of rotatable bonds is 7. The lowest BCUT2D eigenvalue weighted by Crippen LogP contribution is -2.36. The van der Waals surface area contributed by atoms with Crippen molar-refractivity contribution in [1.29, 1.82) is 0 Å². The molecule has 1 saturated carbocycles. The van der Waals surface area contributed by atoms with Crippen LogP contribution in [0.1, 0.15) is 44.1 Å². The van der Waals surface area contributed by atoms with Gasteiger partial charge in [-0.1, -0.05) is 43.0 Å². The summed E-state index contributed by atoms with van der Waals surface area (Å²) in [5.74, 6) is -1.15. The van der Waals surface area contributed by atoms with Crippen molar-refractivity contribution in [3.63, 3.8) is 0 Å². The largest absolute Gasteiger partial charge is 0.481 e. The summed E-state index contributed by atoms with van der Waals surface area (Å²) in [6.07, 6.45) is 5.77. The summed E-state index contributed by atoms with van der Waals surface area (Å²) in [4.78, 5) is 10.6. The first-order valence-electron chi connectivity index (χ1n) is 9.31. The Kier molecular flexibility index (Phi) is 11.3. The van der Waals surface area contributed by atoms with Crippen LogP contribution in [0, 0.1) is 11.2 Å². The van der Waals surface area contributed by atoms with E-state index in [-0.39, 0.29) is 30.0 Å². The molecule has 6 N–H and O–H groups in total. The zero-order chi connectivity index (χ0) is 21.0. The van der Waals surface area contributed by atoms with Crippen molar-refractivity contribution in [1.82, 2.24) is 10.6 Å². The smallest absolute Gasteiger partial charge is 0.303 e. The van der Waals surface area contributed by atoms with Crippen LogP contribution in [0.4, 0.5) is 4.39 Å². The third-order valence-corrected chi connectivity index (χ3v) is 5.32. The molecule has 0 heterocycles. The minimum absolute atomic E-state index is 0.00660. The molecule has 1 aliphatic carbocycles. The fourth-order valence-electron chi connectivity index (χ4n) is 3.17. The Morgan fingerprint density at radius 1 is 1.29 bits per heavy atom. The zero-order valence-corrected chi connectivity index (χ0v) is 17.4. The van der Waals surface area contributed by atoms with Crippen LogP contribution in [0.3, 0.4) is 0 Å². The summed E-state index contributed by atoms with van der Waals surface area (Å²) in [5, 5.41) is 23.3. The number of hydrogen-bond donors (Lipinski definition) is 5. The molecule has 1 aliphatic rings. The number of benzene rings is 1. The number of halogens is 2. The molecule has 0 aliphatic heterocycles. The van der Waals surface area contributed by atoms with Gasteiger partial charge in [0.2, 0.25) is 0 Å². The number of aliphatic carboxylic acids is 1. The second-order valence-electron chi connectivity index (χ2n) is 6.88. The van der Waals surface area contributed by atoms with E-state index in [0.29, 0.717) is 23.8 Å². The van der Waals surface area contributed by atoms with E-state index in [9.17, 15) is 9.18 Å². The molecule has 2 rings (SSSR count). The maximum absolute atomic E-state index is 13.4. The number of nitrogens with one attached hydrogen (secondary N) is 2. The van der Waals surface area contributed by atoms with Crippen LogP contribution in [0.15, 0.2) is 18.2 Å². The number of aliphatic hydroxyl groups is 1. The van der Waals surface area contributed by atoms with Gasteiger partial charge in [-0.25, -0.2) is 4.39 Å². The average Bonchev–Trinajstić information content (AvgIpc) is 2.68. The van der Waals surface area contributed by atoms with E-state index >= 15 is 0 Å². The molecule has 0 amide bonds. The van der Waals surface area contributed by atoms with E-state index in [2.05, 4.69) is 10.6 Å². The van der Waals surface area contributed by atoms with Gasteiger partial charge in [0.25, 0.3) is 0 Å². The number of nitrogens with two attached hydrogens (primary N) is 1. The maximum Gasteiger partial charge on any atom is 0.303 e. The number of thiocarbonyl (C=S) groups is 1. The molecule has 1 aromatic rings. The first-order valence-corrected chi connectivity index (χ1v) is 10.1. The highest BCUT2D eigenvalue weighted by Crippen LogP contribution is 2.38. The predicted octanol–water partition coefficient (Wildman–Crippen LogP) is 2.81. The highest BCUT2D eigenvalue weighted by Gasteiger charge is 2.32. The first kappa shape index (κ1) is 24.6. The average molecular weight is 434 g/mol. The first-order chi connectivity index (χ1) is 13.3.